The van der Waals surface area contributed by atoms with Gasteiger partial charge in [0.05, 0.1) is 27.4 Å². The fraction of sp³-hybridized carbons (Fsp3) is 0.0526. The van der Waals surface area contributed by atoms with Gasteiger partial charge in [0.1, 0.15) is 23.0 Å². The van der Waals surface area contributed by atoms with E-state index in [4.69, 9.17) is 9.15 Å². The maximum atomic E-state index is 12.2. The number of nitro groups is 1. The highest BCUT2D eigenvalue weighted by Crippen LogP contribution is 2.33. The van der Waals surface area contributed by atoms with Crippen LogP contribution in [0.4, 0.5) is 5.69 Å². The zero-order valence-corrected chi connectivity index (χ0v) is 17.1. The molecule has 0 saturated carbocycles. The standard InChI is InChI=1S/C19H14IN3O6/c1-28-18-8-11(2-5-15(18)20)19(25)22-21-10-13-4-7-17(29-13)14-9-12(23(26)27)3-6-16(14)24/h2-10,24H,1H3,(H,22,25)/b21-10-. The number of ether oxygens (including phenoxy) is 1. The van der Waals surface area contributed by atoms with Crippen LogP contribution in [0.15, 0.2) is 58.0 Å². The van der Waals surface area contributed by atoms with Gasteiger partial charge in [0.2, 0.25) is 0 Å². The molecule has 0 fully saturated rings. The van der Waals surface area contributed by atoms with Crippen molar-refractivity contribution in [1.82, 2.24) is 5.43 Å². The van der Waals surface area contributed by atoms with Crippen LogP contribution in [0.25, 0.3) is 11.3 Å². The molecular weight excluding hydrogens is 493 g/mol. The minimum atomic E-state index is -0.566. The number of nitrogens with one attached hydrogen (secondary N) is 1. The minimum absolute atomic E-state index is 0.158. The summed E-state index contributed by atoms with van der Waals surface area (Å²) >= 11 is 2.10. The lowest BCUT2D eigenvalue weighted by Gasteiger charge is -2.05. The Morgan fingerprint density at radius 1 is 1.28 bits per heavy atom. The number of furan rings is 1. The number of hydrazone groups is 1. The Hall–Kier alpha value is -3.41. The fourth-order valence-electron chi connectivity index (χ4n) is 2.42. The predicted molar refractivity (Wildman–Crippen MR) is 113 cm³/mol. The second-order valence-corrected chi connectivity index (χ2v) is 6.87. The number of carbonyl (C=O) groups is 1. The molecule has 1 aromatic heterocycles. The van der Waals surface area contributed by atoms with Crippen molar-refractivity contribution in [3.63, 3.8) is 0 Å². The average Bonchev–Trinajstić information content (AvgIpc) is 3.17. The average molecular weight is 507 g/mol. The number of aromatic hydroxyl groups is 1. The molecule has 0 atom stereocenters. The van der Waals surface area contributed by atoms with E-state index in [1.54, 1.807) is 24.3 Å². The molecule has 0 saturated heterocycles. The van der Waals surface area contributed by atoms with E-state index in [9.17, 15) is 20.0 Å². The number of nitro benzene ring substituents is 1. The van der Waals surface area contributed by atoms with Crippen molar-refractivity contribution < 1.29 is 24.0 Å². The topological polar surface area (TPSA) is 127 Å². The van der Waals surface area contributed by atoms with Gasteiger partial charge < -0.3 is 14.3 Å². The van der Waals surface area contributed by atoms with Crippen molar-refractivity contribution in [2.75, 3.05) is 7.11 Å². The normalized spacial score (nSPS) is 10.8. The number of benzene rings is 2. The van der Waals surface area contributed by atoms with Gasteiger partial charge in [0, 0.05) is 17.7 Å². The molecular formula is C19H14IN3O6. The summed E-state index contributed by atoms with van der Waals surface area (Å²) < 4.78 is 11.6. The molecule has 3 rings (SSSR count). The van der Waals surface area contributed by atoms with E-state index < -0.39 is 10.8 Å². The molecule has 29 heavy (non-hydrogen) atoms. The number of carbonyl (C=O) groups excluding carboxylic acids is 1. The summed E-state index contributed by atoms with van der Waals surface area (Å²) in [5.41, 5.74) is 2.75. The van der Waals surface area contributed by atoms with Crippen molar-refractivity contribution in [2.24, 2.45) is 5.10 Å². The van der Waals surface area contributed by atoms with Crippen molar-refractivity contribution in [1.29, 1.82) is 0 Å². The number of hydrogen-bond donors (Lipinski definition) is 2. The monoisotopic (exact) mass is 507 g/mol. The Morgan fingerprint density at radius 2 is 2.07 bits per heavy atom. The van der Waals surface area contributed by atoms with Gasteiger partial charge in [-0.25, -0.2) is 5.43 Å². The third-order valence-electron chi connectivity index (χ3n) is 3.85. The van der Waals surface area contributed by atoms with Gasteiger partial charge in [-0.3, -0.25) is 14.9 Å². The zero-order valence-electron chi connectivity index (χ0n) is 15.0. The molecule has 0 aliphatic carbocycles. The summed E-state index contributed by atoms with van der Waals surface area (Å²) in [5, 5.41) is 24.7. The lowest BCUT2D eigenvalue weighted by molar-refractivity contribution is -0.384. The first-order valence-corrected chi connectivity index (χ1v) is 9.21. The number of rotatable bonds is 6. The van der Waals surface area contributed by atoms with Crippen LogP contribution >= 0.6 is 22.6 Å². The number of methoxy groups -OCH3 is 1. The van der Waals surface area contributed by atoms with E-state index in [1.165, 1.54) is 37.6 Å². The Morgan fingerprint density at radius 3 is 2.79 bits per heavy atom. The molecule has 148 valence electrons. The van der Waals surface area contributed by atoms with Crippen molar-refractivity contribution in [3.8, 4) is 22.8 Å². The van der Waals surface area contributed by atoms with Crippen LogP contribution in [0.3, 0.4) is 0 Å². The summed E-state index contributed by atoms with van der Waals surface area (Å²) in [6.45, 7) is 0. The molecule has 0 aliphatic heterocycles. The highest BCUT2D eigenvalue weighted by molar-refractivity contribution is 14.1. The van der Waals surface area contributed by atoms with Crippen LogP contribution in [0.1, 0.15) is 16.1 Å². The highest BCUT2D eigenvalue weighted by Gasteiger charge is 2.15. The molecule has 2 N–H and O–H groups in total. The predicted octanol–water partition coefficient (Wildman–Crippen LogP) is 3.94. The second kappa shape index (κ2) is 8.73. The van der Waals surface area contributed by atoms with E-state index in [0.717, 1.165) is 3.57 Å². The molecule has 10 heteroatoms. The summed E-state index contributed by atoms with van der Waals surface area (Å²) in [5.74, 6) is 0.496. The number of phenols is 1. The van der Waals surface area contributed by atoms with E-state index in [2.05, 4.69) is 33.1 Å². The largest absolute Gasteiger partial charge is 0.507 e. The number of hydrogen-bond acceptors (Lipinski definition) is 7. The second-order valence-electron chi connectivity index (χ2n) is 5.71. The molecule has 9 nitrogen and oxygen atoms in total. The highest BCUT2D eigenvalue weighted by atomic mass is 127. The minimum Gasteiger partial charge on any atom is -0.507 e. The van der Waals surface area contributed by atoms with Crippen LogP contribution in [-0.2, 0) is 0 Å². The van der Waals surface area contributed by atoms with E-state index in [1.807, 2.05) is 0 Å². The molecule has 0 radical (unpaired) electrons. The number of halogens is 1. The molecule has 3 aromatic rings. The van der Waals surface area contributed by atoms with E-state index >= 15 is 0 Å². The smallest absolute Gasteiger partial charge is 0.271 e. The third-order valence-corrected chi connectivity index (χ3v) is 4.75. The SMILES string of the molecule is COc1cc(C(=O)N/N=C\c2ccc(-c3cc([N+](=O)[O-])ccc3O)o2)ccc1I. The quantitative estimate of drug-likeness (QED) is 0.225. The third kappa shape index (κ3) is 4.71. The molecule has 2 aromatic carbocycles. The first-order valence-electron chi connectivity index (χ1n) is 8.13. The van der Waals surface area contributed by atoms with Crippen molar-refractivity contribution >= 4 is 40.4 Å². The molecule has 0 aliphatic rings. The maximum Gasteiger partial charge on any atom is 0.271 e. The van der Waals surface area contributed by atoms with Gasteiger partial charge in [-0.15, -0.1) is 0 Å². The summed E-state index contributed by atoms with van der Waals surface area (Å²) in [4.78, 5) is 22.5. The number of amides is 1. The molecule has 1 amide bonds. The van der Waals surface area contributed by atoms with Crippen LogP contribution < -0.4 is 10.2 Å². The fourth-order valence-corrected chi connectivity index (χ4v) is 2.98. The van der Waals surface area contributed by atoms with Crippen LogP contribution in [-0.4, -0.2) is 29.3 Å². The Labute approximate surface area is 178 Å². The Kier molecular flexibility index (Phi) is 6.12. The lowest BCUT2D eigenvalue weighted by Crippen LogP contribution is -2.17. The van der Waals surface area contributed by atoms with Crippen molar-refractivity contribution in [2.45, 2.75) is 0 Å². The Balaban J connectivity index is 1.72. The molecule has 1 heterocycles. The zero-order chi connectivity index (χ0) is 21.0. The van der Waals surface area contributed by atoms with E-state index in [0.29, 0.717) is 11.3 Å². The van der Waals surface area contributed by atoms with Gasteiger partial charge >= 0.3 is 0 Å². The van der Waals surface area contributed by atoms with Gasteiger partial charge in [0.15, 0.2) is 0 Å². The molecule has 0 bridgehead atoms. The van der Waals surface area contributed by atoms with Crippen LogP contribution in [0.2, 0.25) is 0 Å². The number of phenolic OH excluding ortho intramolecular Hbond substituents is 1. The van der Waals surface area contributed by atoms with Gasteiger partial charge in [-0.2, -0.15) is 5.10 Å². The van der Waals surface area contributed by atoms with Gasteiger partial charge in [-0.1, -0.05) is 0 Å². The number of non-ortho nitro benzene ring substituents is 1. The van der Waals surface area contributed by atoms with Crippen LogP contribution in [0, 0.1) is 13.7 Å². The molecule has 0 spiro atoms. The van der Waals surface area contributed by atoms with E-state index in [-0.39, 0.29) is 28.5 Å². The van der Waals surface area contributed by atoms with Crippen LogP contribution in [0.5, 0.6) is 11.5 Å². The molecule has 0 unspecified atom stereocenters. The number of nitrogens with zero attached hydrogens (tertiary/aromatic N) is 2. The maximum absolute atomic E-state index is 12.2. The summed E-state index contributed by atoms with van der Waals surface area (Å²) in [6.07, 6.45) is 1.28. The van der Waals surface area contributed by atoms with Crippen molar-refractivity contribution in [3.05, 3.63) is 73.5 Å². The first-order chi connectivity index (χ1) is 13.9. The van der Waals surface area contributed by atoms with Gasteiger partial charge in [-0.05, 0) is 59.0 Å². The summed E-state index contributed by atoms with van der Waals surface area (Å²) in [7, 11) is 1.52. The van der Waals surface area contributed by atoms with Gasteiger partial charge in [0.25, 0.3) is 11.6 Å². The Bertz CT molecular complexity index is 1110. The lowest BCUT2D eigenvalue weighted by atomic mass is 10.1. The first kappa shape index (κ1) is 20.3. The summed E-state index contributed by atoms with van der Waals surface area (Å²) in [6, 6.07) is 11.7.